The van der Waals surface area contributed by atoms with Crippen molar-refractivity contribution in [2.24, 2.45) is 0 Å². The zero-order chi connectivity index (χ0) is 13.7. The Kier molecular flexibility index (Phi) is 7.19. The second-order valence-corrected chi connectivity index (χ2v) is 5.79. The van der Waals surface area contributed by atoms with Gasteiger partial charge in [0.25, 0.3) is 0 Å². The minimum Gasteiger partial charge on any atom is -0.338 e. The highest BCUT2D eigenvalue weighted by Gasteiger charge is 2.28. The van der Waals surface area contributed by atoms with Crippen LogP contribution >= 0.6 is 23.7 Å². The topological polar surface area (TPSA) is 49.4 Å². The van der Waals surface area contributed by atoms with Crippen LogP contribution in [-0.4, -0.2) is 42.8 Å². The third kappa shape index (κ3) is 4.30. The summed E-state index contributed by atoms with van der Waals surface area (Å²) in [6.45, 7) is 1.67. The number of rotatable bonds is 6. The Labute approximate surface area is 130 Å². The van der Waals surface area contributed by atoms with E-state index >= 15 is 0 Å². The standard InChI is InChI=1S/C14H20N2O2S.ClH/c1-15-10-11-4-2-8-16(11)14(18)7-6-12(17)13-5-3-9-19-13;/h3,5,9,11,15H,2,4,6-8,10H2,1H3;1H. The van der Waals surface area contributed by atoms with Crippen LogP contribution in [0.25, 0.3) is 0 Å². The van der Waals surface area contributed by atoms with Crippen LogP contribution in [0, 0.1) is 0 Å². The molecule has 1 amide bonds. The van der Waals surface area contributed by atoms with E-state index in [9.17, 15) is 9.59 Å². The Bertz CT molecular complexity index is 436. The van der Waals surface area contributed by atoms with Crippen molar-refractivity contribution < 1.29 is 9.59 Å². The van der Waals surface area contributed by atoms with Crippen LogP contribution in [0.5, 0.6) is 0 Å². The number of likely N-dealkylation sites (N-methyl/N-ethyl adjacent to an activating group) is 1. The smallest absolute Gasteiger partial charge is 0.223 e. The number of nitrogens with zero attached hydrogens (tertiary/aromatic N) is 1. The van der Waals surface area contributed by atoms with Gasteiger partial charge in [0.1, 0.15) is 0 Å². The molecule has 1 saturated heterocycles. The minimum atomic E-state index is 0. The molecule has 1 aromatic heterocycles. The second-order valence-electron chi connectivity index (χ2n) is 4.84. The summed E-state index contributed by atoms with van der Waals surface area (Å²) in [6.07, 6.45) is 2.78. The summed E-state index contributed by atoms with van der Waals surface area (Å²) < 4.78 is 0. The van der Waals surface area contributed by atoms with Crippen molar-refractivity contribution in [3.8, 4) is 0 Å². The fraction of sp³-hybridized carbons (Fsp3) is 0.571. The molecule has 20 heavy (non-hydrogen) atoms. The number of ketones is 1. The van der Waals surface area contributed by atoms with Gasteiger partial charge in [0, 0.05) is 32.0 Å². The summed E-state index contributed by atoms with van der Waals surface area (Å²) in [5.74, 6) is 0.190. The molecule has 1 aliphatic rings. The number of halogens is 1. The first-order chi connectivity index (χ1) is 9.22. The van der Waals surface area contributed by atoms with Gasteiger partial charge < -0.3 is 10.2 Å². The summed E-state index contributed by atoms with van der Waals surface area (Å²) in [4.78, 5) is 26.7. The van der Waals surface area contributed by atoms with E-state index in [1.807, 2.05) is 29.5 Å². The van der Waals surface area contributed by atoms with E-state index in [1.54, 1.807) is 0 Å². The molecule has 0 spiro atoms. The SMILES string of the molecule is CNCC1CCCN1C(=O)CCC(=O)c1cccs1.Cl. The molecule has 6 heteroatoms. The van der Waals surface area contributed by atoms with E-state index in [1.165, 1.54) is 11.3 Å². The molecule has 1 unspecified atom stereocenters. The van der Waals surface area contributed by atoms with E-state index in [4.69, 9.17) is 0 Å². The van der Waals surface area contributed by atoms with Gasteiger partial charge in [-0.25, -0.2) is 0 Å². The molecule has 1 fully saturated rings. The number of likely N-dealkylation sites (tertiary alicyclic amines) is 1. The highest BCUT2D eigenvalue weighted by atomic mass is 35.5. The number of hydrogen-bond donors (Lipinski definition) is 1. The summed E-state index contributed by atoms with van der Waals surface area (Å²) in [5.41, 5.74) is 0. The lowest BCUT2D eigenvalue weighted by atomic mass is 10.1. The molecular weight excluding hydrogens is 296 g/mol. The molecule has 1 atom stereocenters. The normalized spacial score (nSPS) is 17.9. The maximum atomic E-state index is 12.2. The van der Waals surface area contributed by atoms with Crippen LogP contribution in [0.3, 0.4) is 0 Å². The molecular formula is C14H21ClN2O2S. The number of carbonyl (C=O) groups is 2. The number of carbonyl (C=O) groups excluding carboxylic acids is 2. The Morgan fingerprint density at radius 3 is 2.90 bits per heavy atom. The van der Waals surface area contributed by atoms with Crippen molar-refractivity contribution in [2.45, 2.75) is 31.7 Å². The monoisotopic (exact) mass is 316 g/mol. The van der Waals surface area contributed by atoms with Gasteiger partial charge in [-0.3, -0.25) is 9.59 Å². The van der Waals surface area contributed by atoms with Crippen LogP contribution < -0.4 is 5.32 Å². The van der Waals surface area contributed by atoms with Crippen molar-refractivity contribution in [3.05, 3.63) is 22.4 Å². The Morgan fingerprint density at radius 1 is 1.45 bits per heavy atom. The Balaban J connectivity index is 0.00000200. The number of amides is 1. The minimum absolute atomic E-state index is 0. The van der Waals surface area contributed by atoms with Gasteiger partial charge in [0.2, 0.25) is 5.91 Å². The summed E-state index contributed by atoms with van der Waals surface area (Å²) in [6, 6.07) is 3.98. The van der Waals surface area contributed by atoms with Crippen molar-refractivity contribution in [2.75, 3.05) is 20.1 Å². The van der Waals surface area contributed by atoms with Crippen molar-refractivity contribution in [1.82, 2.24) is 10.2 Å². The molecule has 0 aromatic carbocycles. The first-order valence-corrected chi connectivity index (χ1v) is 7.61. The molecule has 1 N–H and O–H groups in total. The number of hydrogen-bond acceptors (Lipinski definition) is 4. The van der Waals surface area contributed by atoms with E-state index in [-0.39, 0.29) is 24.1 Å². The lowest BCUT2D eigenvalue weighted by molar-refractivity contribution is -0.131. The van der Waals surface area contributed by atoms with Crippen molar-refractivity contribution >= 4 is 35.4 Å². The predicted octanol–water partition coefficient (Wildman–Crippen LogP) is 2.34. The maximum Gasteiger partial charge on any atom is 0.223 e. The first kappa shape index (κ1) is 17.1. The predicted molar refractivity (Wildman–Crippen MR) is 83.8 cm³/mol. The van der Waals surface area contributed by atoms with Crippen LogP contribution in [0.4, 0.5) is 0 Å². The molecule has 112 valence electrons. The fourth-order valence-electron chi connectivity index (χ4n) is 2.54. The largest absolute Gasteiger partial charge is 0.338 e. The van der Waals surface area contributed by atoms with Crippen molar-refractivity contribution in [3.63, 3.8) is 0 Å². The average molecular weight is 317 g/mol. The van der Waals surface area contributed by atoms with Gasteiger partial charge in [-0.1, -0.05) is 6.07 Å². The van der Waals surface area contributed by atoms with E-state index in [2.05, 4.69) is 5.32 Å². The van der Waals surface area contributed by atoms with E-state index in [0.717, 1.165) is 30.8 Å². The first-order valence-electron chi connectivity index (χ1n) is 6.73. The molecule has 2 rings (SSSR count). The molecule has 0 saturated carbocycles. The zero-order valence-corrected chi connectivity index (χ0v) is 13.3. The number of nitrogens with one attached hydrogen (secondary N) is 1. The number of thiophene rings is 1. The Morgan fingerprint density at radius 2 is 2.25 bits per heavy atom. The van der Waals surface area contributed by atoms with E-state index < -0.39 is 0 Å². The highest BCUT2D eigenvalue weighted by molar-refractivity contribution is 7.12. The molecule has 4 nitrogen and oxygen atoms in total. The van der Waals surface area contributed by atoms with Crippen molar-refractivity contribution in [1.29, 1.82) is 0 Å². The van der Waals surface area contributed by atoms with Gasteiger partial charge in [0.15, 0.2) is 5.78 Å². The van der Waals surface area contributed by atoms with Crippen LogP contribution in [0.15, 0.2) is 17.5 Å². The van der Waals surface area contributed by atoms with Gasteiger partial charge in [0.05, 0.1) is 4.88 Å². The molecule has 1 aromatic rings. The van der Waals surface area contributed by atoms with Gasteiger partial charge in [-0.15, -0.1) is 23.7 Å². The van der Waals surface area contributed by atoms with Crippen LogP contribution in [0.2, 0.25) is 0 Å². The third-order valence-corrected chi connectivity index (χ3v) is 4.41. The summed E-state index contributed by atoms with van der Waals surface area (Å²) >= 11 is 1.44. The second kappa shape index (κ2) is 8.39. The van der Waals surface area contributed by atoms with E-state index in [0.29, 0.717) is 18.9 Å². The molecule has 0 aliphatic carbocycles. The number of Topliss-reactive ketones (excluding diaryl/α,β-unsaturated/α-hetero) is 1. The quantitative estimate of drug-likeness (QED) is 0.820. The van der Waals surface area contributed by atoms with Gasteiger partial charge >= 0.3 is 0 Å². The molecule has 2 heterocycles. The lowest BCUT2D eigenvalue weighted by Gasteiger charge is -2.24. The summed E-state index contributed by atoms with van der Waals surface area (Å²) in [5, 5.41) is 5.01. The molecule has 1 aliphatic heterocycles. The van der Waals surface area contributed by atoms with Crippen LogP contribution in [-0.2, 0) is 4.79 Å². The van der Waals surface area contributed by atoms with Crippen LogP contribution in [0.1, 0.15) is 35.4 Å². The average Bonchev–Trinajstić information content (AvgIpc) is 3.06. The van der Waals surface area contributed by atoms with Gasteiger partial charge in [-0.2, -0.15) is 0 Å². The summed E-state index contributed by atoms with van der Waals surface area (Å²) in [7, 11) is 1.90. The third-order valence-electron chi connectivity index (χ3n) is 3.50. The molecule has 0 bridgehead atoms. The fourth-order valence-corrected chi connectivity index (χ4v) is 3.23. The highest BCUT2D eigenvalue weighted by Crippen LogP contribution is 2.19. The zero-order valence-electron chi connectivity index (χ0n) is 11.6. The Hall–Kier alpha value is -0.910. The molecule has 0 radical (unpaired) electrons. The maximum absolute atomic E-state index is 12.2. The lowest BCUT2D eigenvalue weighted by Crippen LogP contribution is -2.40. The van der Waals surface area contributed by atoms with Gasteiger partial charge in [-0.05, 0) is 31.3 Å².